The lowest BCUT2D eigenvalue weighted by Crippen LogP contribution is -2.32. The van der Waals surface area contributed by atoms with Crippen LogP contribution in [-0.4, -0.2) is 34.3 Å². The zero-order valence-electron chi connectivity index (χ0n) is 28.6. The lowest BCUT2D eigenvalue weighted by molar-refractivity contribution is -0.439. The van der Waals surface area contributed by atoms with Gasteiger partial charge in [-0.2, -0.15) is 30.9 Å². The smallest absolute Gasteiger partial charge is 0.416 e. The minimum Gasteiger partial charge on any atom is -0.506 e. The number of aliphatic hydroxyl groups is 1. The molecule has 5 rings (SSSR count). The van der Waals surface area contributed by atoms with Crippen LogP contribution >= 0.6 is 0 Å². The fourth-order valence-corrected chi connectivity index (χ4v) is 7.06. The van der Waals surface area contributed by atoms with E-state index in [9.17, 15) is 36.2 Å². The predicted octanol–water partition coefficient (Wildman–Crippen LogP) is 10.2. The van der Waals surface area contributed by atoms with Crippen molar-refractivity contribution in [3.63, 3.8) is 0 Å². The van der Waals surface area contributed by atoms with Gasteiger partial charge in [-0.15, -0.1) is 0 Å². The number of aliphatic hydroxyl groups excluding tert-OH is 1. The molecule has 0 atom stereocenters. The molecule has 0 unspecified atom stereocenters. The van der Waals surface area contributed by atoms with E-state index in [1.807, 2.05) is 37.2 Å². The topological polar surface area (TPSA) is 43.5 Å². The van der Waals surface area contributed by atoms with E-state index in [0.717, 1.165) is 24.6 Å². The Morgan fingerprint density at radius 3 is 2.08 bits per heavy atom. The van der Waals surface area contributed by atoms with Crippen molar-refractivity contribution >= 4 is 22.9 Å². The second-order valence-electron chi connectivity index (χ2n) is 14.9. The maximum Gasteiger partial charge on any atom is 0.416 e. The zero-order chi connectivity index (χ0) is 35.7. The van der Waals surface area contributed by atoms with Crippen molar-refractivity contribution in [2.45, 2.75) is 91.4 Å². The van der Waals surface area contributed by atoms with Crippen molar-refractivity contribution in [2.24, 2.45) is 11.8 Å². The molecule has 2 aliphatic heterocycles. The molecule has 258 valence electrons. The van der Waals surface area contributed by atoms with Crippen LogP contribution in [0.1, 0.15) is 90.5 Å². The predicted molar refractivity (Wildman–Crippen MR) is 176 cm³/mol. The highest BCUT2D eigenvalue weighted by Gasteiger charge is 2.50. The zero-order valence-corrected chi connectivity index (χ0v) is 28.6. The summed E-state index contributed by atoms with van der Waals surface area (Å²) in [4.78, 5) is 15.6. The molecule has 0 spiro atoms. The van der Waals surface area contributed by atoms with Gasteiger partial charge in [-0.1, -0.05) is 47.6 Å². The van der Waals surface area contributed by atoms with E-state index in [4.69, 9.17) is 0 Å². The first-order chi connectivity index (χ1) is 22.1. The number of carbonyl (C=O) groups excluding carboxylic acids is 1. The Balaban J connectivity index is 1.62. The lowest BCUT2D eigenvalue weighted by Gasteiger charge is -2.30. The fourth-order valence-electron chi connectivity index (χ4n) is 7.06. The summed E-state index contributed by atoms with van der Waals surface area (Å²) in [5, 5.41) is 11.3. The molecule has 4 nitrogen and oxygen atoms in total. The van der Waals surface area contributed by atoms with Crippen LogP contribution in [0.3, 0.4) is 0 Å². The van der Waals surface area contributed by atoms with Gasteiger partial charge in [0.1, 0.15) is 12.3 Å². The second-order valence-corrected chi connectivity index (χ2v) is 14.9. The van der Waals surface area contributed by atoms with E-state index >= 15 is 0 Å². The van der Waals surface area contributed by atoms with Crippen LogP contribution in [0, 0.1) is 11.8 Å². The summed E-state index contributed by atoms with van der Waals surface area (Å²) in [6.45, 7) is 16.0. The molecule has 0 saturated carbocycles. The summed E-state index contributed by atoms with van der Waals surface area (Å²) in [5.74, 6) is -0.213. The Kier molecular flexibility index (Phi) is 8.83. The number of halogens is 6. The van der Waals surface area contributed by atoms with Gasteiger partial charge < -0.3 is 10.0 Å². The summed E-state index contributed by atoms with van der Waals surface area (Å²) in [6, 6.07) is 7.77. The van der Waals surface area contributed by atoms with E-state index in [0.29, 0.717) is 53.8 Å². The summed E-state index contributed by atoms with van der Waals surface area (Å²) in [7, 11) is 0. The molecule has 1 aliphatic carbocycles. The monoisotopic (exact) mass is 673 g/mol. The van der Waals surface area contributed by atoms with Gasteiger partial charge in [0.25, 0.3) is 0 Å². The van der Waals surface area contributed by atoms with E-state index in [1.165, 1.54) is 18.2 Å². The number of Topliss-reactive ketones (excluding diaryl/α,β-unsaturated/α-hetero) is 1. The standard InChI is InChI=1S/C38H42F6N2O2/c1-21(2)14-16-45-28-13-12-23(37(39,40)41)18-27(28)35(5,6)30(45)19-24-33(47)25(34(24)48)20-31-36(7,8)32-26(38(42,43)44)10-9-11-29(32)46(31)17-15-22(3)4/h9-13,18-22H,14-17H2,1-8H3/p+1. The molecule has 3 aliphatic rings. The van der Waals surface area contributed by atoms with E-state index in [1.54, 1.807) is 39.8 Å². The second kappa shape index (κ2) is 11.9. The van der Waals surface area contributed by atoms with Gasteiger partial charge in [-0.05, 0) is 68.0 Å². The Bertz CT molecular complexity index is 1780. The third-order valence-electron chi connectivity index (χ3n) is 9.84. The van der Waals surface area contributed by atoms with Gasteiger partial charge in [0.05, 0.1) is 27.7 Å². The highest BCUT2D eigenvalue weighted by atomic mass is 19.4. The third-order valence-corrected chi connectivity index (χ3v) is 9.84. The third kappa shape index (κ3) is 6.00. The first-order valence-electron chi connectivity index (χ1n) is 16.4. The normalized spacial score (nSPS) is 20.5. The molecule has 0 amide bonds. The molecule has 0 fully saturated rings. The number of hydrogen-bond donors (Lipinski definition) is 1. The van der Waals surface area contributed by atoms with E-state index in [2.05, 4.69) is 0 Å². The number of ketones is 1. The minimum atomic E-state index is -4.59. The van der Waals surface area contributed by atoms with Gasteiger partial charge in [0.2, 0.25) is 11.5 Å². The number of anilines is 1. The number of hydrogen-bond acceptors (Lipinski definition) is 3. The molecular formula is C38H43F6N2O2+. The van der Waals surface area contributed by atoms with Crippen LogP contribution in [0.2, 0.25) is 0 Å². The van der Waals surface area contributed by atoms with Crippen molar-refractivity contribution in [1.29, 1.82) is 0 Å². The molecule has 0 bridgehead atoms. The number of alkyl halides is 6. The maximum absolute atomic E-state index is 14.2. The minimum absolute atomic E-state index is 0.0118. The molecule has 2 aromatic rings. The van der Waals surface area contributed by atoms with E-state index in [-0.39, 0.29) is 28.4 Å². The van der Waals surface area contributed by atoms with Crippen LogP contribution in [0.4, 0.5) is 37.7 Å². The summed E-state index contributed by atoms with van der Waals surface area (Å²) in [6.07, 6.45) is -4.64. The van der Waals surface area contributed by atoms with Crippen molar-refractivity contribution in [3.05, 3.63) is 93.4 Å². The van der Waals surface area contributed by atoms with Crippen LogP contribution < -0.4 is 4.90 Å². The molecule has 10 heteroatoms. The molecule has 2 heterocycles. The number of nitrogens with zero attached hydrogens (tertiary/aromatic N) is 2. The number of rotatable bonds is 8. The van der Waals surface area contributed by atoms with Crippen molar-refractivity contribution in [2.75, 3.05) is 18.0 Å². The van der Waals surface area contributed by atoms with Gasteiger partial charge in [0, 0.05) is 47.5 Å². The maximum atomic E-state index is 14.2. The number of allylic oxidation sites excluding steroid dienone is 5. The molecule has 0 aromatic heterocycles. The summed E-state index contributed by atoms with van der Waals surface area (Å²) < 4.78 is 85.7. The SMILES string of the molecule is CC(C)CCN1/C(=C\C2=C(O)C(=C\C3=[N+](CCC(C)C)c4ccc(C(F)(F)F)cc4C3(C)C)/C2=O)C(C)(C)c2c1cccc2C(F)(F)F. The Hall–Kier alpha value is -3.82. The van der Waals surface area contributed by atoms with Gasteiger partial charge >= 0.3 is 12.4 Å². The van der Waals surface area contributed by atoms with Gasteiger partial charge in [0.15, 0.2) is 5.71 Å². The average molecular weight is 674 g/mol. The van der Waals surface area contributed by atoms with Crippen molar-refractivity contribution in [1.82, 2.24) is 0 Å². The average Bonchev–Trinajstić information content (AvgIpc) is 3.32. The Morgan fingerprint density at radius 2 is 1.52 bits per heavy atom. The Morgan fingerprint density at radius 1 is 0.875 bits per heavy atom. The van der Waals surface area contributed by atoms with Gasteiger partial charge in [-0.3, -0.25) is 4.79 Å². The molecular weight excluding hydrogens is 630 g/mol. The number of carbonyl (C=O) groups is 1. The van der Waals surface area contributed by atoms with Gasteiger partial charge in [-0.25, -0.2) is 0 Å². The van der Waals surface area contributed by atoms with E-state index < -0.39 is 40.1 Å². The molecule has 48 heavy (non-hydrogen) atoms. The summed E-state index contributed by atoms with van der Waals surface area (Å²) >= 11 is 0. The molecule has 0 radical (unpaired) electrons. The molecule has 2 aromatic carbocycles. The Labute approximate surface area is 278 Å². The lowest BCUT2D eigenvalue weighted by atomic mass is 9.77. The number of fused-ring (bicyclic) bond motifs is 2. The van der Waals surface area contributed by atoms with Crippen LogP contribution in [0.5, 0.6) is 0 Å². The highest BCUT2D eigenvalue weighted by molar-refractivity contribution is 6.24. The first-order valence-corrected chi connectivity index (χ1v) is 16.4. The first kappa shape index (κ1) is 35.5. The highest BCUT2D eigenvalue weighted by Crippen LogP contribution is 2.53. The quantitative estimate of drug-likeness (QED) is 0.172. The summed E-state index contributed by atoms with van der Waals surface area (Å²) in [5.41, 5.74) is -0.879. The fraction of sp³-hybridized carbons (Fsp3) is 0.474. The molecule has 0 saturated heterocycles. The van der Waals surface area contributed by atoms with Crippen molar-refractivity contribution < 1.29 is 40.8 Å². The van der Waals surface area contributed by atoms with Crippen LogP contribution in [0.15, 0.2) is 71.2 Å². The molecule has 1 N–H and O–H groups in total. The van der Waals surface area contributed by atoms with Crippen molar-refractivity contribution in [3.8, 4) is 0 Å². The van der Waals surface area contributed by atoms with Crippen LogP contribution in [-0.2, 0) is 28.0 Å². The van der Waals surface area contributed by atoms with Crippen LogP contribution in [0.25, 0.3) is 0 Å². The number of benzene rings is 2. The largest absolute Gasteiger partial charge is 0.506 e.